The number of halogens is 3. The van der Waals surface area contributed by atoms with E-state index in [0.29, 0.717) is 24.9 Å². The van der Waals surface area contributed by atoms with E-state index >= 15 is 0 Å². The van der Waals surface area contributed by atoms with Crippen molar-refractivity contribution in [2.45, 2.75) is 25.4 Å². The molecule has 1 aliphatic rings. The molecule has 4 nitrogen and oxygen atoms in total. The van der Waals surface area contributed by atoms with Gasteiger partial charge in [0.25, 0.3) is 0 Å². The van der Waals surface area contributed by atoms with Crippen LogP contribution >= 0.6 is 0 Å². The Morgan fingerprint density at radius 2 is 2.05 bits per heavy atom. The SMILES string of the molecule is NC(=O)[C@H]1CCCN(C(=O)Cc2cccc(C(F)(F)F)c2)C1. The zero-order valence-electron chi connectivity index (χ0n) is 11.9. The molecule has 0 radical (unpaired) electrons. The highest BCUT2D eigenvalue weighted by atomic mass is 19.4. The minimum atomic E-state index is -4.43. The second-order valence-electron chi connectivity index (χ2n) is 5.46. The number of rotatable bonds is 3. The first-order valence-electron chi connectivity index (χ1n) is 7.00. The van der Waals surface area contributed by atoms with Gasteiger partial charge in [0.1, 0.15) is 0 Å². The molecule has 1 aromatic carbocycles. The van der Waals surface area contributed by atoms with Gasteiger partial charge in [-0.1, -0.05) is 18.2 Å². The molecule has 1 aromatic rings. The van der Waals surface area contributed by atoms with E-state index in [1.54, 1.807) is 0 Å². The topological polar surface area (TPSA) is 63.4 Å². The Bertz CT molecular complexity index is 572. The van der Waals surface area contributed by atoms with Gasteiger partial charge in [0.05, 0.1) is 17.9 Å². The summed E-state index contributed by atoms with van der Waals surface area (Å²) in [5.41, 5.74) is 4.78. The van der Waals surface area contributed by atoms with E-state index < -0.39 is 17.6 Å². The van der Waals surface area contributed by atoms with Gasteiger partial charge >= 0.3 is 6.18 Å². The molecule has 7 heteroatoms. The van der Waals surface area contributed by atoms with E-state index in [1.807, 2.05) is 0 Å². The predicted octanol–water partition coefficient (Wildman–Crippen LogP) is 1.97. The molecular formula is C15H17F3N2O2. The Labute approximate surface area is 126 Å². The maximum Gasteiger partial charge on any atom is 0.416 e. The Morgan fingerprint density at radius 3 is 2.68 bits per heavy atom. The average Bonchev–Trinajstić information content (AvgIpc) is 2.46. The van der Waals surface area contributed by atoms with Crippen LogP contribution < -0.4 is 5.73 Å². The predicted molar refractivity (Wildman–Crippen MR) is 73.6 cm³/mol. The molecule has 1 saturated heterocycles. The summed E-state index contributed by atoms with van der Waals surface area (Å²) in [6, 6.07) is 4.72. The third-order valence-corrected chi connectivity index (χ3v) is 3.79. The number of nitrogens with zero attached hydrogens (tertiary/aromatic N) is 1. The second-order valence-corrected chi connectivity index (χ2v) is 5.46. The number of piperidine rings is 1. The van der Waals surface area contributed by atoms with Gasteiger partial charge in [-0.25, -0.2) is 0 Å². The summed E-state index contributed by atoms with van der Waals surface area (Å²) in [4.78, 5) is 24.9. The standard InChI is InChI=1S/C15H17F3N2O2/c16-15(17,18)12-5-1-3-10(7-12)8-13(21)20-6-2-4-11(9-20)14(19)22/h1,3,5,7,11H,2,4,6,8-9H2,(H2,19,22)/t11-/m0/s1. The lowest BCUT2D eigenvalue weighted by atomic mass is 9.97. The zero-order valence-corrected chi connectivity index (χ0v) is 11.9. The number of hydrogen-bond donors (Lipinski definition) is 1. The van der Waals surface area contributed by atoms with E-state index in [1.165, 1.54) is 17.0 Å². The monoisotopic (exact) mass is 314 g/mol. The Kier molecular flexibility index (Phi) is 4.73. The van der Waals surface area contributed by atoms with Crippen LogP contribution in [0.4, 0.5) is 13.2 Å². The summed E-state index contributed by atoms with van der Waals surface area (Å²) in [7, 11) is 0. The first-order chi connectivity index (χ1) is 10.3. The molecule has 2 amide bonds. The molecule has 0 spiro atoms. The van der Waals surface area contributed by atoms with Crippen molar-refractivity contribution in [3.63, 3.8) is 0 Å². The number of primary amides is 1. The number of nitrogens with two attached hydrogens (primary N) is 1. The molecule has 0 saturated carbocycles. The molecule has 0 aliphatic carbocycles. The van der Waals surface area contributed by atoms with Gasteiger partial charge in [0, 0.05) is 13.1 Å². The van der Waals surface area contributed by atoms with Crippen molar-refractivity contribution < 1.29 is 22.8 Å². The fraction of sp³-hybridized carbons (Fsp3) is 0.467. The van der Waals surface area contributed by atoms with Crippen LogP contribution in [0, 0.1) is 5.92 Å². The van der Waals surface area contributed by atoms with Crippen molar-refractivity contribution in [3.8, 4) is 0 Å². The summed E-state index contributed by atoms with van der Waals surface area (Å²) >= 11 is 0. The summed E-state index contributed by atoms with van der Waals surface area (Å²) in [6.45, 7) is 0.745. The molecule has 1 heterocycles. The summed E-state index contributed by atoms with van der Waals surface area (Å²) in [6.07, 6.45) is -3.23. The van der Waals surface area contributed by atoms with Gasteiger partial charge in [-0.3, -0.25) is 9.59 Å². The minimum absolute atomic E-state index is 0.116. The zero-order chi connectivity index (χ0) is 16.3. The second kappa shape index (κ2) is 6.37. The van der Waals surface area contributed by atoms with E-state index in [-0.39, 0.29) is 24.8 Å². The summed E-state index contributed by atoms with van der Waals surface area (Å²) < 4.78 is 38.0. The van der Waals surface area contributed by atoms with Gasteiger partial charge < -0.3 is 10.6 Å². The largest absolute Gasteiger partial charge is 0.416 e. The van der Waals surface area contributed by atoms with Gasteiger partial charge in [0.15, 0.2) is 0 Å². The van der Waals surface area contributed by atoms with E-state index in [9.17, 15) is 22.8 Å². The number of carbonyl (C=O) groups is 2. The van der Waals surface area contributed by atoms with E-state index in [4.69, 9.17) is 5.73 Å². The first-order valence-corrected chi connectivity index (χ1v) is 7.00. The quantitative estimate of drug-likeness (QED) is 0.927. The molecule has 0 unspecified atom stereocenters. The van der Waals surface area contributed by atoms with Crippen LogP contribution in [0.1, 0.15) is 24.0 Å². The molecule has 22 heavy (non-hydrogen) atoms. The van der Waals surface area contributed by atoms with Crippen LogP contribution in [0.15, 0.2) is 24.3 Å². The van der Waals surface area contributed by atoms with Crippen molar-refractivity contribution >= 4 is 11.8 Å². The molecule has 0 bridgehead atoms. The smallest absolute Gasteiger partial charge is 0.369 e. The highest BCUT2D eigenvalue weighted by Crippen LogP contribution is 2.29. The van der Waals surface area contributed by atoms with Crippen molar-refractivity contribution in [1.29, 1.82) is 0 Å². The molecule has 2 rings (SSSR count). The number of carbonyl (C=O) groups excluding carboxylic acids is 2. The Balaban J connectivity index is 2.04. The van der Waals surface area contributed by atoms with Crippen molar-refractivity contribution in [2.75, 3.05) is 13.1 Å². The van der Waals surface area contributed by atoms with Crippen LogP contribution in [-0.4, -0.2) is 29.8 Å². The van der Waals surface area contributed by atoms with E-state index in [2.05, 4.69) is 0 Å². The van der Waals surface area contributed by atoms with E-state index in [0.717, 1.165) is 12.1 Å². The minimum Gasteiger partial charge on any atom is -0.369 e. The number of hydrogen-bond acceptors (Lipinski definition) is 2. The lowest BCUT2D eigenvalue weighted by Gasteiger charge is -2.31. The number of amides is 2. The molecule has 1 aliphatic heterocycles. The lowest BCUT2D eigenvalue weighted by molar-refractivity contribution is -0.138. The Hall–Kier alpha value is -2.05. The van der Waals surface area contributed by atoms with Crippen LogP contribution in [0.5, 0.6) is 0 Å². The molecule has 0 aromatic heterocycles. The number of benzene rings is 1. The third-order valence-electron chi connectivity index (χ3n) is 3.79. The van der Waals surface area contributed by atoms with Crippen LogP contribution in [0.3, 0.4) is 0 Å². The lowest BCUT2D eigenvalue weighted by Crippen LogP contribution is -2.44. The van der Waals surface area contributed by atoms with Crippen molar-refractivity contribution in [3.05, 3.63) is 35.4 Å². The fourth-order valence-corrected chi connectivity index (χ4v) is 2.58. The van der Waals surface area contributed by atoms with Crippen LogP contribution in [0.2, 0.25) is 0 Å². The highest BCUT2D eigenvalue weighted by molar-refractivity contribution is 5.81. The molecule has 1 atom stereocenters. The molecule has 120 valence electrons. The first kappa shape index (κ1) is 16.3. The van der Waals surface area contributed by atoms with Crippen LogP contribution in [-0.2, 0) is 22.2 Å². The Morgan fingerprint density at radius 1 is 1.32 bits per heavy atom. The van der Waals surface area contributed by atoms with Crippen molar-refractivity contribution in [1.82, 2.24) is 4.90 Å². The third kappa shape index (κ3) is 3.99. The molecule has 2 N–H and O–H groups in total. The maximum atomic E-state index is 12.7. The number of likely N-dealkylation sites (tertiary alicyclic amines) is 1. The van der Waals surface area contributed by atoms with Crippen molar-refractivity contribution in [2.24, 2.45) is 11.7 Å². The maximum absolute atomic E-state index is 12.7. The average molecular weight is 314 g/mol. The molecular weight excluding hydrogens is 297 g/mol. The highest BCUT2D eigenvalue weighted by Gasteiger charge is 2.31. The van der Waals surface area contributed by atoms with Gasteiger partial charge in [-0.05, 0) is 24.5 Å². The van der Waals surface area contributed by atoms with Gasteiger partial charge in [-0.2, -0.15) is 13.2 Å². The van der Waals surface area contributed by atoms with Gasteiger partial charge in [0.2, 0.25) is 11.8 Å². The fourth-order valence-electron chi connectivity index (χ4n) is 2.58. The number of alkyl halides is 3. The summed E-state index contributed by atoms with van der Waals surface area (Å²) in [5.74, 6) is -1.11. The summed E-state index contributed by atoms with van der Waals surface area (Å²) in [5, 5.41) is 0. The van der Waals surface area contributed by atoms with Crippen LogP contribution in [0.25, 0.3) is 0 Å². The normalized spacial score (nSPS) is 19.0. The van der Waals surface area contributed by atoms with Gasteiger partial charge in [-0.15, -0.1) is 0 Å². The molecule has 1 fully saturated rings.